The molecule has 0 saturated carbocycles. The van der Waals surface area contributed by atoms with Gasteiger partial charge in [-0.05, 0) is 86.3 Å². The summed E-state index contributed by atoms with van der Waals surface area (Å²) in [7, 11) is 0. The van der Waals surface area contributed by atoms with E-state index < -0.39 is 0 Å². The molecular weight excluding hydrogens is 456 g/mol. The predicted molar refractivity (Wildman–Crippen MR) is 166 cm³/mol. The molecule has 0 spiro atoms. The molecule has 2 aromatic carbocycles. The molecule has 0 aliphatic heterocycles. The fraction of sp³-hybridized carbons (Fsp3) is 0.579. The van der Waals surface area contributed by atoms with Crippen LogP contribution in [0.25, 0.3) is 11.1 Å². The Labute approximate surface area is 234 Å². The molecule has 0 saturated heterocycles. The molecule has 0 N–H and O–H groups in total. The molecule has 2 aromatic rings. The molecule has 3 aliphatic carbocycles. The average molecular weight is 509 g/mol. The maximum Gasteiger partial charge on any atom is 0.0199 e. The summed E-state index contributed by atoms with van der Waals surface area (Å²) in [5.41, 5.74) is 14.8. The zero-order valence-corrected chi connectivity index (χ0v) is 26.4. The highest BCUT2D eigenvalue weighted by Crippen LogP contribution is 2.67. The van der Waals surface area contributed by atoms with Crippen molar-refractivity contribution in [2.24, 2.45) is 22.7 Å². The Morgan fingerprint density at radius 2 is 1.26 bits per heavy atom. The first-order valence-electron chi connectivity index (χ1n) is 15.2. The number of rotatable bonds is 3. The Kier molecular flexibility index (Phi) is 6.30. The fourth-order valence-electron chi connectivity index (χ4n) is 7.76. The Bertz CT molecular complexity index is 1260. The van der Waals surface area contributed by atoms with Crippen LogP contribution >= 0.6 is 0 Å². The van der Waals surface area contributed by atoms with Crippen LogP contribution in [0, 0.1) is 22.7 Å². The minimum Gasteiger partial charge on any atom is -0.0645 e. The van der Waals surface area contributed by atoms with E-state index in [4.69, 9.17) is 0 Å². The van der Waals surface area contributed by atoms with E-state index in [1.165, 1.54) is 41.5 Å². The van der Waals surface area contributed by atoms with Crippen LogP contribution in [0.15, 0.2) is 59.2 Å². The van der Waals surface area contributed by atoms with Crippen molar-refractivity contribution < 1.29 is 0 Å². The third-order valence-electron chi connectivity index (χ3n) is 10.3. The van der Waals surface area contributed by atoms with E-state index in [-0.39, 0.29) is 21.7 Å². The number of allylic oxidation sites excluding steroid dienone is 4. The molecule has 3 aliphatic rings. The van der Waals surface area contributed by atoms with Crippen LogP contribution in [-0.4, -0.2) is 0 Å². The van der Waals surface area contributed by atoms with Gasteiger partial charge in [0.2, 0.25) is 0 Å². The van der Waals surface area contributed by atoms with Gasteiger partial charge in [-0.3, -0.25) is 0 Å². The number of hydrogen-bond donors (Lipinski definition) is 0. The van der Waals surface area contributed by atoms with Crippen molar-refractivity contribution in [3.8, 4) is 11.1 Å². The largest absolute Gasteiger partial charge is 0.0645 e. The van der Waals surface area contributed by atoms with Crippen LogP contribution in [0.5, 0.6) is 0 Å². The summed E-state index contributed by atoms with van der Waals surface area (Å²) < 4.78 is 0. The maximum absolute atomic E-state index is 2.68. The highest BCUT2D eigenvalue weighted by molar-refractivity contribution is 5.81. The van der Waals surface area contributed by atoms with Crippen LogP contribution in [0.1, 0.15) is 131 Å². The molecule has 0 heteroatoms. The van der Waals surface area contributed by atoms with Crippen LogP contribution in [0.3, 0.4) is 0 Å². The lowest BCUT2D eigenvalue weighted by Crippen LogP contribution is -2.30. The van der Waals surface area contributed by atoms with Gasteiger partial charge in [0.05, 0.1) is 0 Å². The zero-order valence-electron chi connectivity index (χ0n) is 26.4. The molecule has 0 heterocycles. The van der Waals surface area contributed by atoms with Crippen molar-refractivity contribution >= 4 is 0 Å². The third kappa shape index (κ3) is 4.17. The summed E-state index contributed by atoms with van der Waals surface area (Å²) in [6.45, 7) is 28.8. The van der Waals surface area contributed by atoms with E-state index in [9.17, 15) is 0 Å². The molecule has 0 aromatic heterocycles. The highest BCUT2D eigenvalue weighted by Gasteiger charge is 2.54. The fourth-order valence-corrected chi connectivity index (χ4v) is 7.76. The monoisotopic (exact) mass is 508 g/mol. The lowest BCUT2D eigenvalue weighted by atomic mass is 9.63. The van der Waals surface area contributed by atoms with Crippen molar-refractivity contribution in [2.45, 2.75) is 119 Å². The summed E-state index contributed by atoms with van der Waals surface area (Å²) in [4.78, 5) is 0. The van der Waals surface area contributed by atoms with Crippen LogP contribution in [0.2, 0.25) is 0 Å². The predicted octanol–water partition coefficient (Wildman–Crippen LogP) is 11.1. The van der Waals surface area contributed by atoms with Gasteiger partial charge in [0.1, 0.15) is 0 Å². The minimum atomic E-state index is 0.136. The molecule has 0 fully saturated rings. The van der Waals surface area contributed by atoms with Gasteiger partial charge < -0.3 is 0 Å². The van der Waals surface area contributed by atoms with Gasteiger partial charge in [-0.15, -0.1) is 0 Å². The standard InChI is InChI=1S/C38H52/c1-13-38(22-32(23(2)3)29-20-26(21-33(29)38)37(10,11)12)34-30-18-24(35(4,5)6)14-16-27(30)28-17-15-25(19-31(28)34)36(7,8)9/h14-19,21,23,32,34H,13,20,22H2,1-12H3. The smallest absolute Gasteiger partial charge is 0.0199 e. The highest BCUT2D eigenvalue weighted by atomic mass is 14.6. The second kappa shape index (κ2) is 8.71. The number of benzene rings is 2. The van der Waals surface area contributed by atoms with Gasteiger partial charge in [-0.25, -0.2) is 0 Å². The minimum absolute atomic E-state index is 0.136. The van der Waals surface area contributed by atoms with Gasteiger partial charge in [0, 0.05) is 11.3 Å². The Morgan fingerprint density at radius 1 is 0.763 bits per heavy atom. The summed E-state index contributed by atoms with van der Waals surface area (Å²) in [5.74, 6) is 1.75. The van der Waals surface area contributed by atoms with Gasteiger partial charge in [0.25, 0.3) is 0 Å². The maximum atomic E-state index is 2.68. The van der Waals surface area contributed by atoms with Crippen molar-refractivity contribution in [2.75, 3.05) is 0 Å². The van der Waals surface area contributed by atoms with E-state index in [0.29, 0.717) is 17.8 Å². The topological polar surface area (TPSA) is 0 Å². The molecule has 2 atom stereocenters. The molecule has 0 nitrogen and oxygen atoms in total. The Hall–Kier alpha value is -2.08. The van der Waals surface area contributed by atoms with Crippen molar-refractivity contribution in [1.29, 1.82) is 0 Å². The lowest BCUT2D eigenvalue weighted by molar-refractivity contribution is 0.249. The van der Waals surface area contributed by atoms with Crippen molar-refractivity contribution in [1.82, 2.24) is 0 Å². The van der Waals surface area contributed by atoms with Crippen molar-refractivity contribution in [3.63, 3.8) is 0 Å². The first kappa shape index (κ1) is 27.5. The molecule has 0 amide bonds. The van der Waals surface area contributed by atoms with Gasteiger partial charge in [0.15, 0.2) is 0 Å². The summed E-state index contributed by atoms with van der Waals surface area (Å²) in [6.07, 6.45) is 6.33. The van der Waals surface area contributed by atoms with Crippen molar-refractivity contribution in [3.05, 3.63) is 81.4 Å². The summed E-state index contributed by atoms with van der Waals surface area (Å²) in [6, 6.07) is 14.9. The molecule has 0 bridgehead atoms. The molecular formula is C38H52. The average Bonchev–Trinajstić information content (AvgIpc) is 3.46. The van der Waals surface area contributed by atoms with Gasteiger partial charge >= 0.3 is 0 Å². The molecule has 204 valence electrons. The quantitative estimate of drug-likeness (QED) is 0.387. The van der Waals surface area contributed by atoms with Crippen LogP contribution in [-0.2, 0) is 10.8 Å². The van der Waals surface area contributed by atoms with E-state index in [0.717, 1.165) is 0 Å². The normalized spacial score (nSPS) is 23.7. The first-order chi connectivity index (χ1) is 17.5. The first-order valence-corrected chi connectivity index (χ1v) is 15.2. The van der Waals surface area contributed by atoms with E-state index in [1.807, 2.05) is 0 Å². The molecule has 38 heavy (non-hydrogen) atoms. The van der Waals surface area contributed by atoms with Gasteiger partial charge in [-0.1, -0.05) is 137 Å². The van der Waals surface area contributed by atoms with Crippen LogP contribution < -0.4 is 0 Å². The molecule has 5 rings (SSSR count). The second-order valence-electron chi connectivity index (χ2n) is 16.1. The number of fused-ring (bicyclic) bond motifs is 3. The third-order valence-corrected chi connectivity index (χ3v) is 10.3. The van der Waals surface area contributed by atoms with E-state index in [2.05, 4.69) is 126 Å². The molecule has 0 radical (unpaired) electrons. The summed E-state index contributed by atoms with van der Waals surface area (Å²) in [5, 5.41) is 0. The lowest BCUT2D eigenvalue weighted by Gasteiger charge is -2.40. The van der Waals surface area contributed by atoms with E-state index >= 15 is 0 Å². The number of hydrogen-bond acceptors (Lipinski definition) is 0. The van der Waals surface area contributed by atoms with Gasteiger partial charge in [-0.2, -0.15) is 0 Å². The molecule has 2 unspecified atom stereocenters. The summed E-state index contributed by atoms with van der Waals surface area (Å²) >= 11 is 0. The SMILES string of the molecule is CCC1(C2c3cc(C(C)(C)C)ccc3-c3ccc(C(C)(C)C)cc32)CC(C(C)C)C2=C1C=C(C(C)(C)C)C2. The second-order valence-corrected chi connectivity index (χ2v) is 16.1. The Morgan fingerprint density at radius 3 is 1.66 bits per heavy atom. The van der Waals surface area contributed by atoms with E-state index in [1.54, 1.807) is 27.8 Å². The zero-order chi connectivity index (χ0) is 28.0. The Balaban J connectivity index is 1.80. The van der Waals surface area contributed by atoms with Crippen LogP contribution in [0.4, 0.5) is 0 Å².